The van der Waals surface area contributed by atoms with Crippen molar-refractivity contribution < 1.29 is 19.0 Å². The monoisotopic (exact) mass is 127 g/mol. The average molecular weight is 127 g/mol. The van der Waals surface area contributed by atoms with Crippen LogP contribution in [0.25, 0.3) is 0 Å². The second kappa shape index (κ2) is 4.29. The molecule has 0 aliphatic carbocycles. The number of hydrogen-bond acceptors (Lipinski definition) is 1. The summed E-state index contributed by atoms with van der Waals surface area (Å²) in [5.41, 5.74) is 0. The number of alkyl halides is 1. The molecule has 0 bridgehead atoms. The van der Waals surface area contributed by atoms with Gasteiger partial charge in [-0.15, -0.1) is 0 Å². The third kappa shape index (κ3) is 3.32. The molecule has 0 aliphatic rings. The summed E-state index contributed by atoms with van der Waals surface area (Å²) < 4.78 is 11.2. The Balaban J connectivity index is 0. The molecule has 5 heteroatoms. The largest absolute Gasteiger partial charge is 0.465 e. The molecular formula is C3H7F2NO2. The smallest absolute Gasteiger partial charge is 0.409 e. The van der Waals surface area contributed by atoms with Crippen LogP contribution >= 0.6 is 0 Å². The minimum absolute atomic E-state index is 0. The molecule has 1 N–H and O–H groups in total. The molecule has 3 nitrogen and oxygen atoms in total. The second-order valence-corrected chi connectivity index (χ2v) is 1.10. The number of halogens is 2. The highest BCUT2D eigenvalue weighted by molar-refractivity contribution is 5.64. The molecule has 0 saturated carbocycles. The van der Waals surface area contributed by atoms with Crippen molar-refractivity contribution in [2.24, 2.45) is 0 Å². The molecule has 0 fully saturated rings. The zero-order chi connectivity index (χ0) is 5.86. The number of amides is 1. The van der Waals surface area contributed by atoms with Crippen LogP contribution in [0.5, 0.6) is 0 Å². The predicted molar refractivity (Wildman–Crippen MR) is 24.3 cm³/mol. The molecule has 0 saturated heterocycles. The molecule has 50 valence electrons. The van der Waals surface area contributed by atoms with Gasteiger partial charge in [0, 0.05) is 7.05 Å². The Bertz CT molecular complexity index is 77.7. The van der Waals surface area contributed by atoms with E-state index in [9.17, 15) is 9.18 Å². The maximum atomic E-state index is 11.2. The molecule has 1 amide bonds. The molecule has 0 spiro atoms. The molecule has 8 heavy (non-hydrogen) atoms. The van der Waals surface area contributed by atoms with Crippen molar-refractivity contribution in [2.75, 3.05) is 13.8 Å². The summed E-state index contributed by atoms with van der Waals surface area (Å²) in [4.78, 5) is 10.2. The van der Waals surface area contributed by atoms with E-state index < -0.39 is 12.9 Å². The third-order valence-electron chi connectivity index (χ3n) is 0.506. The molecule has 0 atom stereocenters. The van der Waals surface area contributed by atoms with Gasteiger partial charge in [0.2, 0.25) is 0 Å². The highest BCUT2D eigenvalue weighted by Gasteiger charge is 2.00. The first kappa shape index (κ1) is 10.2. The lowest BCUT2D eigenvalue weighted by Gasteiger charge is -2.03. The minimum atomic E-state index is -1.25. The summed E-state index contributed by atoms with van der Waals surface area (Å²) in [6.07, 6.45) is -1.25. The zero-order valence-corrected chi connectivity index (χ0v) is 4.30. The van der Waals surface area contributed by atoms with Gasteiger partial charge in [-0.3, -0.25) is 9.60 Å². The normalized spacial score (nSPS) is 7.25. The lowest BCUT2D eigenvalue weighted by Crippen LogP contribution is -2.22. The Hall–Kier alpha value is -0.870. The van der Waals surface area contributed by atoms with Crippen molar-refractivity contribution in [1.82, 2.24) is 4.90 Å². The topological polar surface area (TPSA) is 40.5 Å². The maximum Gasteiger partial charge on any atom is 0.409 e. The van der Waals surface area contributed by atoms with Crippen molar-refractivity contribution >= 4 is 6.09 Å². The Kier molecular flexibility index (Phi) is 5.46. The fourth-order valence-corrected chi connectivity index (χ4v) is 0.0511. The van der Waals surface area contributed by atoms with Crippen molar-refractivity contribution in [2.45, 2.75) is 0 Å². The van der Waals surface area contributed by atoms with Crippen molar-refractivity contribution in [1.29, 1.82) is 0 Å². The number of carboxylic acid groups (broad SMARTS) is 1. The second-order valence-electron chi connectivity index (χ2n) is 1.10. The highest BCUT2D eigenvalue weighted by atomic mass is 19.1. The van der Waals surface area contributed by atoms with Crippen molar-refractivity contribution in [3.63, 3.8) is 0 Å². The molecule has 0 aromatic rings. The van der Waals surface area contributed by atoms with E-state index in [1.165, 1.54) is 0 Å². The minimum Gasteiger partial charge on any atom is -0.465 e. The summed E-state index contributed by atoms with van der Waals surface area (Å²) in [6, 6.07) is 0. The molecule has 0 rings (SSSR count). The van der Waals surface area contributed by atoms with Gasteiger partial charge in [0.1, 0.15) is 0 Å². The predicted octanol–water partition coefficient (Wildman–Crippen LogP) is 0.676. The van der Waals surface area contributed by atoms with Gasteiger partial charge in [0.15, 0.2) is 6.80 Å². The van der Waals surface area contributed by atoms with E-state index in [0.717, 1.165) is 7.05 Å². The average Bonchev–Trinajstić information content (AvgIpc) is 1.65. The van der Waals surface area contributed by atoms with Gasteiger partial charge in [-0.25, -0.2) is 9.18 Å². The molecule has 0 aromatic heterocycles. The van der Waals surface area contributed by atoms with Crippen LogP contribution in [-0.2, 0) is 0 Å². The van der Waals surface area contributed by atoms with Gasteiger partial charge in [-0.05, 0) is 0 Å². The third-order valence-corrected chi connectivity index (χ3v) is 0.506. The summed E-state index contributed by atoms with van der Waals surface area (Å²) >= 11 is 0. The molecule has 0 heterocycles. The van der Waals surface area contributed by atoms with Crippen LogP contribution in [0, 0.1) is 0 Å². The Morgan fingerprint density at radius 2 is 2.25 bits per heavy atom. The first-order valence-electron chi connectivity index (χ1n) is 1.68. The van der Waals surface area contributed by atoms with Crippen LogP contribution in [0.2, 0.25) is 0 Å². The van der Waals surface area contributed by atoms with Crippen LogP contribution < -0.4 is 0 Å². The summed E-state index contributed by atoms with van der Waals surface area (Å²) in [6.45, 7) is -0.949. The molecular weight excluding hydrogens is 120 g/mol. The Morgan fingerprint density at radius 1 is 1.88 bits per heavy atom. The lowest BCUT2D eigenvalue weighted by atomic mass is 10.9. The number of rotatable bonds is 1. The Labute approximate surface area is 45.1 Å². The van der Waals surface area contributed by atoms with Crippen LogP contribution in [0.15, 0.2) is 0 Å². The zero-order valence-electron chi connectivity index (χ0n) is 4.30. The van der Waals surface area contributed by atoms with Gasteiger partial charge in [0.25, 0.3) is 0 Å². The van der Waals surface area contributed by atoms with E-state index in [-0.39, 0.29) is 4.70 Å². The first-order valence-corrected chi connectivity index (χ1v) is 1.68. The van der Waals surface area contributed by atoms with Crippen LogP contribution in [0.3, 0.4) is 0 Å². The van der Waals surface area contributed by atoms with Crippen molar-refractivity contribution in [3.8, 4) is 0 Å². The standard InChI is InChI=1S/C3H6FNO2.FH/c1-5(2-4)3(6)7;/h2H2,1H3,(H,6,7);1H. The van der Waals surface area contributed by atoms with Crippen LogP contribution in [-0.4, -0.2) is 29.9 Å². The van der Waals surface area contributed by atoms with E-state index in [1.54, 1.807) is 0 Å². The Morgan fingerprint density at radius 3 is 2.25 bits per heavy atom. The molecule has 0 unspecified atom stereocenters. The van der Waals surface area contributed by atoms with Gasteiger partial charge >= 0.3 is 6.09 Å². The summed E-state index contributed by atoms with van der Waals surface area (Å²) in [5.74, 6) is 0. The quantitative estimate of drug-likeness (QED) is 0.526. The van der Waals surface area contributed by atoms with E-state index >= 15 is 0 Å². The van der Waals surface area contributed by atoms with E-state index in [4.69, 9.17) is 5.11 Å². The van der Waals surface area contributed by atoms with Gasteiger partial charge < -0.3 is 5.11 Å². The van der Waals surface area contributed by atoms with Crippen LogP contribution in [0.4, 0.5) is 13.9 Å². The number of carbonyl (C=O) groups is 1. The molecule has 0 radical (unpaired) electrons. The van der Waals surface area contributed by atoms with Crippen LogP contribution in [0.1, 0.15) is 0 Å². The first-order chi connectivity index (χ1) is 3.18. The fourth-order valence-electron chi connectivity index (χ4n) is 0.0511. The number of nitrogens with zero attached hydrogens (tertiary/aromatic N) is 1. The summed E-state index contributed by atoms with van der Waals surface area (Å²) in [5, 5.41) is 7.87. The summed E-state index contributed by atoms with van der Waals surface area (Å²) in [7, 11) is 1.16. The van der Waals surface area contributed by atoms with E-state index in [0.29, 0.717) is 4.90 Å². The maximum absolute atomic E-state index is 11.2. The lowest BCUT2D eigenvalue weighted by molar-refractivity contribution is 0.137. The van der Waals surface area contributed by atoms with E-state index in [2.05, 4.69) is 0 Å². The fraction of sp³-hybridized carbons (Fsp3) is 0.667. The SMILES string of the molecule is CN(CF)C(=O)O.F. The molecule has 0 aromatic carbocycles. The molecule has 0 aliphatic heterocycles. The van der Waals surface area contributed by atoms with E-state index in [1.807, 2.05) is 0 Å². The van der Waals surface area contributed by atoms with Gasteiger partial charge in [-0.2, -0.15) is 0 Å². The highest BCUT2D eigenvalue weighted by Crippen LogP contribution is 1.80. The van der Waals surface area contributed by atoms with Crippen molar-refractivity contribution in [3.05, 3.63) is 0 Å². The number of hydrogen-bond donors (Lipinski definition) is 1. The van der Waals surface area contributed by atoms with Gasteiger partial charge in [0.05, 0.1) is 0 Å². The van der Waals surface area contributed by atoms with Gasteiger partial charge in [-0.1, -0.05) is 0 Å².